The fraction of sp³-hybridized carbons (Fsp3) is 0.170. The van der Waals surface area contributed by atoms with Crippen molar-refractivity contribution in [3.63, 3.8) is 0 Å². The molecule has 0 saturated heterocycles. The number of anilines is 13. The number of aryl methyl sites for hydroxylation is 2. The molecule has 0 fully saturated rings. The lowest BCUT2D eigenvalue weighted by Gasteiger charge is -2.51. The summed E-state index contributed by atoms with van der Waals surface area (Å²) in [6, 6.07) is 119. The Balaban J connectivity index is 0.614. The monoisotopic (exact) mass is 1930 g/mol. The summed E-state index contributed by atoms with van der Waals surface area (Å²) in [6.07, 6.45) is 44.8. The molecule has 31 rings (SSSR count). The molecule has 8 unspecified atom stereocenters. The summed E-state index contributed by atoms with van der Waals surface area (Å²) in [6.45, 7) is 13.6. The maximum Gasteiger partial charge on any atom is 0.251 e. The van der Waals surface area contributed by atoms with Gasteiger partial charge < -0.3 is 48.8 Å². The Morgan fingerprint density at radius 3 is 1.62 bits per heavy atom. The number of rotatable bonds is 12. The summed E-state index contributed by atoms with van der Waals surface area (Å²) in [5.41, 5.74) is 49.8. The van der Waals surface area contributed by atoms with Gasteiger partial charge in [0.2, 0.25) is 13.4 Å². The van der Waals surface area contributed by atoms with E-state index in [0.717, 1.165) is 109 Å². The third-order valence-electron chi connectivity index (χ3n) is 35.5. The van der Waals surface area contributed by atoms with Gasteiger partial charge in [0.1, 0.15) is 12.0 Å². The Morgan fingerprint density at radius 2 is 0.920 bits per heavy atom. The van der Waals surface area contributed by atoms with Gasteiger partial charge in [-0.25, -0.2) is 9.98 Å². The molecule has 150 heavy (non-hydrogen) atoms. The second-order valence-electron chi connectivity index (χ2n) is 44.3. The Labute approximate surface area is 877 Å². The van der Waals surface area contributed by atoms with Crippen LogP contribution < -0.4 is 66.9 Å². The summed E-state index contributed by atoms with van der Waals surface area (Å²) in [5, 5.41) is 9.35. The third-order valence-corrected chi connectivity index (χ3v) is 35.5. The molecule has 7 aliphatic carbocycles. The van der Waals surface area contributed by atoms with Crippen molar-refractivity contribution < 1.29 is 0 Å². The van der Waals surface area contributed by atoms with E-state index in [9.17, 15) is 0 Å². The van der Waals surface area contributed by atoms with Crippen molar-refractivity contribution in [1.82, 2.24) is 14.5 Å². The molecule has 14 aromatic carbocycles. The van der Waals surface area contributed by atoms with E-state index < -0.39 is 6.17 Å². The highest BCUT2D eigenvalue weighted by Gasteiger charge is 2.53. The maximum atomic E-state index is 6.28. The zero-order valence-corrected chi connectivity index (χ0v) is 85.2. The van der Waals surface area contributed by atoms with Gasteiger partial charge in [0.25, 0.3) is 6.71 Å². The minimum absolute atomic E-state index is 0.0275. The number of allylic oxidation sites excluding steroid dienone is 16. The summed E-state index contributed by atoms with van der Waals surface area (Å²) < 4.78 is 4.92. The quantitative estimate of drug-likeness (QED) is 0.0959. The Bertz CT molecular complexity index is 8980. The number of amidine groups is 2. The number of nitrogens with zero attached hydrogens (tertiary/aromatic N) is 11. The first-order valence-corrected chi connectivity index (χ1v) is 54.5. The summed E-state index contributed by atoms with van der Waals surface area (Å²) in [7, 11) is 0. The smallest absolute Gasteiger partial charge is 0.251 e. The van der Waals surface area contributed by atoms with Crippen LogP contribution in [-0.4, -0.2) is 65.1 Å². The molecule has 0 bridgehead atoms. The lowest BCUT2D eigenvalue weighted by Crippen LogP contribution is -2.59. The van der Waals surface area contributed by atoms with Gasteiger partial charge >= 0.3 is 0 Å². The predicted molar refractivity (Wildman–Crippen MR) is 630 cm³/mol. The highest BCUT2D eigenvalue weighted by atomic mass is 15.3. The van der Waals surface area contributed by atoms with Crippen molar-refractivity contribution in [2.24, 2.45) is 21.8 Å². The Hall–Kier alpha value is -16.8. The lowest BCUT2D eigenvalue weighted by atomic mass is 9.30. The molecule has 12 nitrogen and oxygen atoms in total. The number of aromatic nitrogens is 2. The first-order chi connectivity index (χ1) is 73.9. The molecular formula is C135H111B3N12. The Morgan fingerprint density at radius 1 is 0.380 bits per heavy atom. The molecule has 2 aromatic heterocycles. The van der Waals surface area contributed by atoms with Gasteiger partial charge in [0, 0.05) is 153 Å². The highest BCUT2D eigenvalue weighted by Crippen LogP contribution is 2.56. The largest absolute Gasteiger partial charge is 0.344 e. The van der Waals surface area contributed by atoms with Crippen molar-refractivity contribution in [2.45, 2.75) is 136 Å². The van der Waals surface area contributed by atoms with E-state index in [0.29, 0.717) is 29.6 Å². The molecule has 0 spiro atoms. The van der Waals surface area contributed by atoms with E-state index >= 15 is 0 Å². The zero-order chi connectivity index (χ0) is 99.3. The van der Waals surface area contributed by atoms with Gasteiger partial charge in [-0.2, -0.15) is 0 Å². The van der Waals surface area contributed by atoms with Crippen LogP contribution in [0.5, 0.6) is 0 Å². The van der Waals surface area contributed by atoms with Gasteiger partial charge in [-0.15, -0.1) is 0 Å². The maximum absolute atomic E-state index is 6.28. The van der Waals surface area contributed by atoms with Gasteiger partial charge in [-0.3, -0.25) is 0 Å². The van der Waals surface area contributed by atoms with Crippen LogP contribution >= 0.6 is 0 Å². The molecule has 0 radical (unpaired) electrons. The average molecular weight is 1930 g/mol. The fourth-order valence-corrected chi connectivity index (χ4v) is 28.8. The number of aliphatic imine (C=N–C) groups is 2. The van der Waals surface area contributed by atoms with Crippen LogP contribution in [0.2, 0.25) is 0 Å². The standard InChI is InChI=1S/C135H111B3N12/c1-82-40-52-91(53-41-82)145-118-70-46-85(4)76-106(118)136-109-79-88(49-73-121(109)148(127-37-19-34-124(145)130(127)136)97-64-58-94(59-65-97)142-112-28-13-7-22-100(112)101-23-8-14-29-113(101)142)133-139-134(89-50-74-122-110(80-89)137-107-77-86(5)47-71-119(107)146(92-54-42-83(2)43-55-92)125-35-20-38-128(131(125)137)149(122)98-66-60-95(61-67-98)143-114-30-15-9-24-102(114)103-25-10-16-31-115(103)143)141-135(140-133)90-51-75-123-111(81-90)138-108-78-87(6)48-72-120(108)147(93-56-44-84(3)45-57-93)126-36-21-39-129(132(126)138)150(123)99-68-62-96(63-69-99)144-116-32-17-11-26-104(116)105-27-12-18-33-117(105)144/h7-17,19-32,34-35,37-46,48-54,56-66,68-70,72-75,77,79-81,85,87,92,98,105,117,126,135H,18,33,36,47,55,67,71,76,78H2,1-6H3,(H,139,140,141). The van der Waals surface area contributed by atoms with Crippen molar-refractivity contribution in [2.75, 3.05) is 34.3 Å². The molecule has 16 aromatic rings. The van der Waals surface area contributed by atoms with Crippen molar-refractivity contribution >= 4 is 182 Å². The van der Waals surface area contributed by atoms with E-state index in [4.69, 9.17) is 9.98 Å². The molecule has 720 valence electrons. The van der Waals surface area contributed by atoms with E-state index in [1.165, 1.54) is 200 Å². The fourth-order valence-electron chi connectivity index (χ4n) is 28.8. The highest BCUT2D eigenvalue weighted by molar-refractivity contribution is 6.96. The van der Waals surface area contributed by atoms with E-state index in [1.54, 1.807) is 0 Å². The molecule has 15 heteroatoms. The topological polar surface area (TPSA) is 69.3 Å². The minimum atomic E-state index is -0.620. The third kappa shape index (κ3) is 13.3. The molecule has 8 aliphatic heterocycles. The average Bonchev–Trinajstić information content (AvgIpc) is 1.47. The van der Waals surface area contributed by atoms with Gasteiger partial charge in [0.05, 0.1) is 40.2 Å². The van der Waals surface area contributed by atoms with Crippen LogP contribution in [0.1, 0.15) is 131 Å². The van der Waals surface area contributed by atoms with Crippen LogP contribution in [-0.2, 0) is 0 Å². The van der Waals surface area contributed by atoms with Gasteiger partial charge in [-0.05, 0) is 329 Å². The van der Waals surface area contributed by atoms with E-state index in [2.05, 4.69) is 491 Å². The van der Waals surface area contributed by atoms with Gasteiger partial charge in [0.15, 0.2) is 5.84 Å². The molecule has 15 aliphatic rings. The second kappa shape index (κ2) is 33.9. The first kappa shape index (κ1) is 87.4. The number of para-hydroxylation sites is 5. The van der Waals surface area contributed by atoms with Crippen molar-refractivity contribution in [1.29, 1.82) is 0 Å². The molecule has 0 amide bonds. The zero-order valence-electron chi connectivity index (χ0n) is 85.2. The second-order valence-corrected chi connectivity index (χ2v) is 44.3. The van der Waals surface area contributed by atoms with Crippen LogP contribution in [0, 0.1) is 25.7 Å². The van der Waals surface area contributed by atoms with Crippen molar-refractivity contribution in [3.8, 4) is 5.69 Å². The lowest BCUT2D eigenvalue weighted by molar-refractivity contribution is 0.565. The first-order valence-electron chi connectivity index (χ1n) is 54.5. The van der Waals surface area contributed by atoms with Crippen molar-refractivity contribution in [3.05, 3.63) is 490 Å². The predicted octanol–water partition coefficient (Wildman–Crippen LogP) is 28.3. The van der Waals surface area contributed by atoms with Crippen LogP contribution in [0.4, 0.5) is 73.9 Å². The van der Waals surface area contributed by atoms with Crippen LogP contribution in [0.3, 0.4) is 0 Å². The summed E-state index contributed by atoms with van der Waals surface area (Å²) >= 11 is 0. The number of hydrogen-bond acceptors (Lipinski definition) is 10. The van der Waals surface area contributed by atoms with E-state index in [1.807, 2.05) is 0 Å². The molecule has 1 N–H and O–H groups in total. The normalized spacial score (nSPS) is 21.7. The Kier molecular flexibility index (Phi) is 19.8. The number of nitrogens with one attached hydrogen (secondary N) is 1. The summed E-state index contributed by atoms with van der Waals surface area (Å²) in [4.78, 5) is 31.1. The van der Waals surface area contributed by atoms with E-state index in [-0.39, 0.29) is 38.3 Å². The number of hydrogen-bond donors (Lipinski definition) is 1. The SMILES string of the molecule is CC1=CCC(N2C3=C(C=C(C)CC3)B3c4cc(C5=NC(c6ccc7c(c6)B6C8=C(C=CC(C)C8)N(c8ccc(C)cc8)C8CC=CC(=C68)N7c6ccc(N7c8ccccc8C8C=CCCC87)cc6)NC(c6ccc7c(c6)B6C8=C(C=CC(C)C8)N(c8ccc(C)cc8)c8cccc(c86)N7c6ccc(-n7c8ccccc8c8ccccc87)cc6)=N5)ccc4N(C4C=CC(n5c6ccccc6c6ccccc65)=CC4)c4cccc2c43)C=C1. The summed E-state index contributed by atoms with van der Waals surface area (Å²) in [5.74, 6) is 2.43. The van der Waals surface area contributed by atoms with Gasteiger partial charge in [-0.1, -0.05) is 266 Å². The molecule has 8 atom stereocenters. The number of fused-ring (bicyclic) bond motifs is 18. The molecular weight excluding hydrogens is 1820 g/mol. The molecule has 0 saturated carbocycles. The van der Waals surface area contributed by atoms with Crippen LogP contribution in [0.15, 0.2) is 466 Å². The minimum Gasteiger partial charge on any atom is -0.344 e. The molecule has 10 heterocycles. The number of benzene rings is 14. The van der Waals surface area contributed by atoms with Crippen LogP contribution in [0.25, 0.3) is 55.0 Å².